The van der Waals surface area contributed by atoms with Crippen LogP contribution in [-0.2, 0) is 21.8 Å². The maximum Gasteiger partial charge on any atom is 0.216 e. The summed E-state index contributed by atoms with van der Waals surface area (Å²) in [5, 5.41) is 1.88. The number of hydrogen-bond donors (Lipinski definition) is 0. The van der Waals surface area contributed by atoms with E-state index in [-0.39, 0.29) is 0 Å². The van der Waals surface area contributed by atoms with Gasteiger partial charge in [0.05, 0.1) is 21.8 Å². The summed E-state index contributed by atoms with van der Waals surface area (Å²) in [4.78, 5) is 6.71. The average Bonchev–Trinajstić information content (AvgIpc) is 2.54. The van der Waals surface area contributed by atoms with E-state index in [2.05, 4.69) is 48.5 Å². The maximum atomic E-state index is 2.42. The summed E-state index contributed by atoms with van der Waals surface area (Å²) in [5.41, 5.74) is 0. The minimum absolute atomic E-state index is 0.355. The van der Waals surface area contributed by atoms with Crippen LogP contribution in [0, 0.1) is 0 Å². The second-order valence-electron chi connectivity index (χ2n) is 5.93. The third-order valence-electron chi connectivity index (χ3n) is 4.89. The predicted octanol–water partition coefficient (Wildman–Crippen LogP) is 4.40. The van der Waals surface area contributed by atoms with E-state index in [0.29, 0.717) is 21.8 Å². The molecule has 2 heteroatoms. The molecular weight excluding hydrogens is 280 g/mol. The first-order chi connectivity index (χ1) is 9.95. The molecule has 2 aromatic rings. The van der Waals surface area contributed by atoms with Gasteiger partial charge in [0.1, 0.15) is 0 Å². The summed E-state index contributed by atoms with van der Waals surface area (Å²) in [5.74, 6) is 0. The van der Waals surface area contributed by atoms with Crippen LogP contribution in [0.4, 0.5) is 0 Å². The molecule has 2 atom stereocenters. The van der Waals surface area contributed by atoms with Gasteiger partial charge < -0.3 is 0 Å². The van der Waals surface area contributed by atoms with Crippen molar-refractivity contribution >= 4 is 21.8 Å². The van der Waals surface area contributed by atoms with E-state index < -0.39 is 0 Å². The van der Waals surface area contributed by atoms with Crippen LogP contribution in [0.2, 0.25) is 0 Å². The molecule has 20 heavy (non-hydrogen) atoms. The standard InChI is InChI=1S/C18H18S2/c1-2-8-14-13(7-1)19-15-9-3-5-11-17(15)20(14)18-12-6-4-10-16(18)19/h1-3,5,7-9,11,16,18H,4,6,10,12H2/q+2. The first-order valence-corrected chi connectivity index (χ1v) is 10.2. The summed E-state index contributed by atoms with van der Waals surface area (Å²) >= 11 is 0. The molecular formula is C18H18S2+2. The largest absolute Gasteiger partial charge is 0.216 e. The molecule has 0 nitrogen and oxygen atoms in total. The molecule has 0 spiro atoms. The zero-order chi connectivity index (χ0) is 13.1. The fourth-order valence-electron chi connectivity index (χ4n) is 4.12. The molecule has 1 aliphatic carbocycles. The monoisotopic (exact) mass is 298 g/mol. The molecule has 3 aliphatic heterocycles. The van der Waals surface area contributed by atoms with Crippen LogP contribution in [0.5, 0.6) is 0 Å². The third kappa shape index (κ3) is 1.42. The maximum absolute atomic E-state index is 2.42. The number of benzene rings is 2. The molecule has 0 aromatic heterocycles. The molecule has 0 amide bonds. The lowest BCUT2D eigenvalue weighted by atomic mass is 9.99. The Kier molecular flexibility index (Phi) is 2.54. The van der Waals surface area contributed by atoms with Crippen molar-refractivity contribution in [1.82, 2.24) is 0 Å². The molecule has 2 aromatic carbocycles. The summed E-state index contributed by atoms with van der Waals surface area (Å²) in [6.07, 6.45) is 5.82. The van der Waals surface area contributed by atoms with Crippen LogP contribution in [0.1, 0.15) is 25.7 Å². The SMILES string of the molecule is c1ccc2c(c1)[S+]1c3ccccc3[S+]2C2CCCCC21. The van der Waals surface area contributed by atoms with Gasteiger partial charge in [0.15, 0.2) is 10.5 Å². The van der Waals surface area contributed by atoms with Crippen molar-refractivity contribution in [3.8, 4) is 0 Å². The number of hydrogen-bond acceptors (Lipinski definition) is 0. The van der Waals surface area contributed by atoms with E-state index >= 15 is 0 Å². The predicted molar refractivity (Wildman–Crippen MR) is 86.7 cm³/mol. The van der Waals surface area contributed by atoms with Crippen molar-refractivity contribution in [3.63, 3.8) is 0 Å². The molecule has 0 N–H and O–H groups in total. The molecule has 0 radical (unpaired) electrons. The lowest BCUT2D eigenvalue weighted by molar-refractivity contribution is 0.513. The lowest BCUT2D eigenvalue weighted by Gasteiger charge is -2.38. The summed E-state index contributed by atoms with van der Waals surface area (Å²) in [7, 11) is 0.710. The molecule has 100 valence electrons. The Balaban J connectivity index is 1.81. The van der Waals surface area contributed by atoms with Crippen LogP contribution in [0.3, 0.4) is 0 Å². The summed E-state index contributed by atoms with van der Waals surface area (Å²) < 4.78 is 0. The molecule has 4 aliphatic rings. The molecule has 2 unspecified atom stereocenters. The summed E-state index contributed by atoms with van der Waals surface area (Å²) in [6, 6.07) is 18.7. The van der Waals surface area contributed by atoms with Gasteiger partial charge in [-0.25, -0.2) is 0 Å². The summed E-state index contributed by atoms with van der Waals surface area (Å²) in [6.45, 7) is 0. The fourth-order valence-corrected chi connectivity index (χ4v) is 11.4. The van der Waals surface area contributed by atoms with Gasteiger partial charge in [0, 0.05) is 12.8 Å². The molecule has 1 fully saturated rings. The van der Waals surface area contributed by atoms with E-state index in [4.69, 9.17) is 0 Å². The topological polar surface area (TPSA) is 0 Å². The molecule has 6 rings (SSSR count). The third-order valence-corrected chi connectivity index (χ3v) is 11.0. The van der Waals surface area contributed by atoms with Crippen LogP contribution >= 0.6 is 0 Å². The minimum atomic E-state index is 0.355. The highest BCUT2D eigenvalue weighted by Crippen LogP contribution is 2.55. The van der Waals surface area contributed by atoms with Gasteiger partial charge in [-0.05, 0) is 37.1 Å². The first kappa shape index (κ1) is 11.8. The molecule has 1 saturated carbocycles. The van der Waals surface area contributed by atoms with E-state index in [1.165, 1.54) is 25.7 Å². The lowest BCUT2D eigenvalue weighted by Crippen LogP contribution is -2.50. The molecule has 2 bridgehead atoms. The minimum Gasteiger partial charge on any atom is -0.0569 e. The Morgan fingerprint density at radius 1 is 0.600 bits per heavy atom. The van der Waals surface area contributed by atoms with Gasteiger partial charge in [0.25, 0.3) is 0 Å². The normalized spacial score (nSPS) is 33.2. The van der Waals surface area contributed by atoms with E-state index in [0.717, 1.165) is 10.5 Å². The Morgan fingerprint density at radius 2 is 0.950 bits per heavy atom. The second-order valence-corrected chi connectivity index (χ2v) is 10.3. The van der Waals surface area contributed by atoms with Crippen molar-refractivity contribution in [1.29, 1.82) is 0 Å². The van der Waals surface area contributed by atoms with E-state index in [9.17, 15) is 0 Å². The van der Waals surface area contributed by atoms with Gasteiger partial charge >= 0.3 is 0 Å². The van der Waals surface area contributed by atoms with Gasteiger partial charge in [-0.1, -0.05) is 24.3 Å². The second kappa shape index (κ2) is 4.32. The Bertz CT molecular complexity index is 573. The van der Waals surface area contributed by atoms with Crippen molar-refractivity contribution < 1.29 is 0 Å². The van der Waals surface area contributed by atoms with Crippen molar-refractivity contribution in [2.24, 2.45) is 0 Å². The highest BCUT2D eigenvalue weighted by Gasteiger charge is 2.65. The van der Waals surface area contributed by atoms with E-state index in [1.54, 1.807) is 19.6 Å². The smallest absolute Gasteiger partial charge is 0.0569 e. The number of rotatable bonds is 0. The van der Waals surface area contributed by atoms with Crippen molar-refractivity contribution in [2.45, 2.75) is 55.8 Å². The van der Waals surface area contributed by atoms with Gasteiger partial charge in [0.2, 0.25) is 19.6 Å². The molecule has 3 heterocycles. The van der Waals surface area contributed by atoms with E-state index in [1.807, 2.05) is 0 Å². The Morgan fingerprint density at radius 3 is 1.30 bits per heavy atom. The highest BCUT2D eigenvalue weighted by atomic mass is 32.2. The zero-order valence-corrected chi connectivity index (χ0v) is 13.1. The van der Waals surface area contributed by atoms with Crippen LogP contribution in [-0.4, -0.2) is 10.5 Å². The Hall–Kier alpha value is -0.860. The average molecular weight is 298 g/mol. The van der Waals surface area contributed by atoms with Crippen molar-refractivity contribution in [2.75, 3.05) is 0 Å². The quantitative estimate of drug-likeness (QED) is 0.633. The van der Waals surface area contributed by atoms with Gasteiger partial charge in [-0.15, -0.1) is 0 Å². The van der Waals surface area contributed by atoms with Crippen LogP contribution < -0.4 is 0 Å². The van der Waals surface area contributed by atoms with Gasteiger partial charge in [-0.3, -0.25) is 0 Å². The van der Waals surface area contributed by atoms with Crippen LogP contribution in [0.25, 0.3) is 0 Å². The van der Waals surface area contributed by atoms with Crippen molar-refractivity contribution in [3.05, 3.63) is 48.5 Å². The zero-order valence-electron chi connectivity index (χ0n) is 11.4. The highest BCUT2D eigenvalue weighted by molar-refractivity contribution is 8.06. The molecule has 0 saturated heterocycles. The van der Waals surface area contributed by atoms with Gasteiger partial charge in [-0.2, -0.15) is 0 Å². The van der Waals surface area contributed by atoms with Crippen LogP contribution in [0.15, 0.2) is 68.1 Å². The fraction of sp³-hybridized carbons (Fsp3) is 0.333. The Labute approximate surface area is 126 Å². The first-order valence-electron chi connectivity index (χ1n) is 7.59.